The highest BCUT2D eigenvalue weighted by atomic mass is 32.2. The summed E-state index contributed by atoms with van der Waals surface area (Å²) in [6, 6.07) is 8.49. The topological polar surface area (TPSA) is 70.6 Å². The van der Waals surface area contributed by atoms with Gasteiger partial charge in [0, 0.05) is 45.0 Å². The lowest BCUT2D eigenvalue weighted by Gasteiger charge is -2.42. The summed E-state index contributed by atoms with van der Waals surface area (Å²) in [5.74, 6) is 1.74. The highest BCUT2D eigenvalue weighted by Crippen LogP contribution is 2.35. The van der Waals surface area contributed by atoms with E-state index in [1.165, 1.54) is 17.3 Å². The van der Waals surface area contributed by atoms with E-state index in [1.54, 1.807) is 19.3 Å². The van der Waals surface area contributed by atoms with E-state index in [9.17, 15) is 4.79 Å². The van der Waals surface area contributed by atoms with Crippen LogP contribution in [-0.2, 0) is 11.3 Å². The second kappa shape index (κ2) is 7.74. The number of rotatable bonds is 6. The molecule has 1 amide bonds. The molecule has 0 spiro atoms. The molecule has 7 nitrogen and oxygen atoms in total. The molecule has 1 aromatic carbocycles. The van der Waals surface area contributed by atoms with Crippen molar-refractivity contribution in [2.24, 2.45) is 0 Å². The summed E-state index contributed by atoms with van der Waals surface area (Å²) >= 11 is 1.52. The van der Waals surface area contributed by atoms with Crippen LogP contribution in [0.5, 0.6) is 5.75 Å². The number of likely N-dealkylation sites (N-methyl/N-ethyl adjacent to an activating group) is 1. The molecular weight excluding hydrogens is 362 g/mol. The van der Waals surface area contributed by atoms with E-state index in [0.717, 1.165) is 42.6 Å². The summed E-state index contributed by atoms with van der Waals surface area (Å²) in [6.07, 6.45) is 4.44. The molecule has 1 unspecified atom stereocenters. The number of aromatic nitrogens is 2. The molecule has 8 heteroatoms. The molecule has 2 aliphatic rings. The van der Waals surface area contributed by atoms with Gasteiger partial charge >= 0.3 is 0 Å². The Morgan fingerprint density at radius 1 is 1.33 bits per heavy atom. The van der Waals surface area contributed by atoms with Crippen molar-refractivity contribution in [1.29, 1.82) is 0 Å². The molecule has 2 atom stereocenters. The lowest BCUT2D eigenvalue weighted by molar-refractivity contribution is -0.137. The zero-order chi connectivity index (χ0) is 18.8. The van der Waals surface area contributed by atoms with Crippen LogP contribution in [0.1, 0.15) is 18.9 Å². The fourth-order valence-corrected chi connectivity index (χ4v) is 4.26. The standard InChI is InChI=1S/C19H23N5O2S/c1-13(25)24-10-7-15(24)12-23(2)11-14-3-5-16(6-4-14)26-19-22-17-18(27-19)21-9-8-20-17/h3-6,8-9,15,19H,7,10-12H2,1-2H3,(H,20,22)/t15-,19?/m0/s1. The second-order valence-electron chi connectivity index (χ2n) is 6.92. The molecule has 1 saturated heterocycles. The monoisotopic (exact) mass is 385 g/mol. The molecule has 0 bridgehead atoms. The number of nitrogens with zero attached hydrogens (tertiary/aromatic N) is 4. The third-order valence-corrected chi connectivity index (χ3v) is 5.78. The molecular formula is C19H23N5O2S. The molecule has 0 aliphatic carbocycles. The van der Waals surface area contributed by atoms with Crippen LogP contribution in [0.25, 0.3) is 0 Å². The zero-order valence-corrected chi connectivity index (χ0v) is 16.3. The van der Waals surface area contributed by atoms with Crippen LogP contribution >= 0.6 is 11.8 Å². The predicted octanol–water partition coefficient (Wildman–Crippen LogP) is 2.41. The number of hydrogen-bond donors (Lipinski definition) is 1. The fraction of sp³-hybridized carbons (Fsp3) is 0.421. The van der Waals surface area contributed by atoms with Gasteiger partial charge in [0.1, 0.15) is 10.8 Å². The van der Waals surface area contributed by atoms with E-state index in [1.807, 2.05) is 17.0 Å². The Kier molecular flexibility index (Phi) is 5.18. The molecule has 142 valence electrons. The summed E-state index contributed by atoms with van der Waals surface area (Å²) in [7, 11) is 2.09. The van der Waals surface area contributed by atoms with Crippen molar-refractivity contribution in [3.8, 4) is 5.75 Å². The number of amides is 1. The van der Waals surface area contributed by atoms with Crippen molar-refractivity contribution in [2.75, 3.05) is 25.5 Å². The van der Waals surface area contributed by atoms with E-state index in [-0.39, 0.29) is 11.5 Å². The summed E-state index contributed by atoms with van der Waals surface area (Å²) in [6.45, 7) is 4.28. The van der Waals surface area contributed by atoms with E-state index in [4.69, 9.17) is 4.74 Å². The van der Waals surface area contributed by atoms with Gasteiger partial charge in [-0.05, 0) is 42.9 Å². The molecule has 2 aromatic rings. The van der Waals surface area contributed by atoms with Gasteiger partial charge in [0.05, 0.1) is 0 Å². The second-order valence-corrected chi connectivity index (χ2v) is 7.97. The van der Waals surface area contributed by atoms with Crippen molar-refractivity contribution in [3.05, 3.63) is 42.2 Å². The molecule has 2 aliphatic heterocycles. The molecule has 27 heavy (non-hydrogen) atoms. The van der Waals surface area contributed by atoms with Crippen molar-refractivity contribution in [3.63, 3.8) is 0 Å². The lowest BCUT2D eigenvalue weighted by Crippen LogP contribution is -2.54. The quantitative estimate of drug-likeness (QED) is 0.819. The van der Waals surface area contributed by atoms with E-state index < -0.39 is 0 Å². The van der Waals surface area contributed by atoms with Crippen molar-refractivity contribution >= 4 is 23.5 Å². The van der Waals surface area contributed by atoms with Crippen molar-refractivity contribution in [2.45, 2.75) is 36.5 Å². The molecule has 1 aromatic heterocycles. The summed E-state index contributed by atoms with van der Waals surface area (Å²) in [4.78, 5) is 24.2. The third kappa shape index (κ3) is 4.17. The first-order chi connectivity index (χ1) is 13.1. The van der Waals surface area contributed by atoms with Crippen molar-refractivity contribution in [1.82, 2.24) is 19.8 Å². The number of benzene rings is 1. The van der Waals surface area contributed by atoms with Crippen LogP contribution in [-0.4, -0.2) is 57.4 Å². The summed E-state index contributed by atoms with van der Waals surface area (Å²) in [5, 5.41) is 4.06. The van der Waals surface area contributed by atoms with Gasteiger partial charge in [-0.1, -0.05) is 12.1 Å². The molecule has 1 fully saturated rings. The van der Waals surface area contributed by atoms with Gasteiger partial charge in [0.2, 0.25) is 11.5 Å². The van der Waals surface area contributed by atoms with Crippen LogP contribution in [0, 0.1) is 0 Å². The van der Waals surface area contributed by atoms with Gasteiger partial charge in [-0.3, -0.25) is 4.79 Å². The molecule has 0 saturated carbocycles. The Morgan fingerprint density at radius 2 is 2.11 bits per heavy atom. The van der Waals surface area contributed by atoms with E-state index in [0.29, 0.717) is 6.04 Å². The Hall–Kier alpha value is -2.32. The minimum absolute atomic E-state index is 0.173. The fourth-order valence-electron chi connectivity index (χ4n) is 3.38. The number of hydrogen-bond acceptors (Lipinski definition) is 7. The van der Waals surface area contributed by atoms with Crippen LogP contribution in [0.4, 0.5) is 5.82 Å². The molecule has 0 radical (unpaired) electrons. The smallest absolute Gasteiger partial charge is 0.225 e. The number of thioether (sulfide) groups is 1. The maximum Gasteiger partial charge on any atom is 0.225 e. The van der Waals surface area contributed by atoms with Crippen molar-refractivity contribution < 1.29 is 9.53 Å². The van der Waals surface area contributed by atoms with Gasteiger partial charge in [-0.15, -0.1) is 0 Å². The molecule has 4 rings (SSSR count). The average molecular weight is 385 g/mol. The highest BCUT2D eigenvalue weighted by molar-refractivity contribution is 8.00. The Balaban J connectivity index is 1.27. The van der Waals surface area contributed by atoms with Crippen LogP contribution < -0.4 is 10.1 Å². The normalized spacial score (nSPS) is 20.8. The van der Waals surface area contributed by atoms with Crippen LogP contribution in [0.15, 0.2) is 41.7 Å². The number of carbonyl (C=O) groups excluding carboxylic acids is 1. The first-order valence-electron chi connectivity index (χ1n) is 9.04. The first kappa shape index (κ1) is 18.1. The highest BCUT2D eigenvalue weighted by Gasteiger charge is 2.30. The largest absolute Gasteiger partial charge is 0.461 e. The maximum absolute atomic E-state index is 11.5. The number of fused-ring (bicyclic) bond motifs is 1. The van der Waals surface area contributed by atoms with E-state index in [2.05, 4.69) is 39.4 Å². The first-order valence-corrected chi connectivity index (χ1v) is 9.92. The Bertz CT molecular complexity index is 791. The molecule has 3 heterocycles. The van der Waals surface area contributed by atoms with Gasteiger partial charge in [0.15, 0.2) is 5.82 Å². The van der Waals surface area contributed by atoms with Gasteiger partial charge in [0.25, 0.3) is 0 Å². The Labute approximate surface area is 163 Å². The number of likely N-dealkylation sites (tertiary alicyclic amines) is 1. The lowest BCUT2D eigenvalue weighted by atomic mass is 10.0. The number of carbonyl (C=O) groups is 1. The van der Waals surface area contributed by atoms with Gasteiger partial charge in [-0.2, -0.15) is 0 Å². The van der Waals surface area contributed by atoms with E-state index >= 15 is 0 Å². The number of nitrogens with one attached hydrogen (secondary N) is 1. The maximum atomic E-state index is 11.5. The SMILES string of the molecule is CC(=O)N1CC[C@H]1CN(C)Cc1ccc(OC2Nc3nccnc3S2)cc1. The third-order valence-electron chi connectivity index (χ3n) is 4.83. The minimum atomic E-state index is -0.216. The van der Waals surface area contributed by atoms with Gasteiger partial charge in [-0.25, -0.2) is 9.97 Å². The average Bonchev–Trinajstić information content (AvgIpc) is 3.02. The van der Waals surface area contributed by atoms with Crippen LogP contribution in [0.2, 0.25) is 0 Å². The van der Waals surface area contributed by atoms with Crippen LogP contribution in [0.3, 0.4) is 0 Å². The summed E-state index contributed by atoms with van der Waals surface area (Å²) < 4.78 is 5.96. The summed E-state index contributed by atoms with van der Waals surface area (Å²) in [5.41, 5.74) is 1.00. The minimum Gasteiger partial charge on any atom is -0.461 e. The molecule has 1 N–H and O–H groups in total. The number of ether oxygens (including phenoxy) is 1. The van der Waals surface area contributed by atoms with Gasteiger partial charge < -0.3 is 19.9 Å². The Morgan fingerprint density at radius 3 is 2.78 bits per heavy atom. The predicted molar refractivity (Wildman–Crippen MR) is 104 cm³/mol. The zero-order valence-electron chi connectivity index (χ0n) is 15.5. The number of anilines is 1.